The summed E-state index contributed by atoms with van der Waals surface area (Å²) in [5, 5.41) is 3.48. The van der Waals surface area contributed by atoms with Gasteiger partial charge < -0.3 is 14.5 Å². The molecule has 0 fully saturated rings. The van der Waals surface area contributed by atoms with E-state index in [1.165, 1.54) is 0 Å². The van der Waals surface area contributed by atoms with Crippen molar-refractivity contribution in [1.29, 1.82) is 0 Å². The van der Waals surface area contributed by atoms with Crippen molar-refractivity contribution in [3.63, 3.8) is 0 Å². The largest absolute Gasteiger partial charge is 0.483 e. The molecule has 0 aliphatic heterocycles. The van der Waals surface area contributed by atoms with E-state index in [2.05, 4.69) is 5.32 Å². The van der Waals surface area contributed by atoms with Crippen molar-refractivity contribution in [3.05, 3.63) is 52.4 Å². The summed E-state index contributed by atoms with van der Waals surface area (Å²) in [6.45, 7) is 5.61. The van der Waals surface area contributed by atoms with Crippen molar-refractivity contribution >= 4 is 17.5 Å². The first-order chi connectivity index (χ1) is 9.97. The van der Waals surface area contributed by atoms with Crippen molar-refractivity contribution in [2.45, 2.75) is 26.8 Å². The number of furan rings is 1. The summed E-state index contributed by atoms with van der Waals surface area (Å²) < 4.78 is 10.8. The molecular formula is C16H18ClNO3. The topological polar surface area (TPSA) is 51.5 Å². The van der Waals surface area contributed by atoms with E-state index in [0.29, 0.717) is 16.5 Å². The maximum atomic E-state index is 11.9. The highest BCUT2D eigenvalue weighted by molar-refractivity contribution is 6.30. The van der Waals surface area contributed by atoms with Gasteiger partial charge in [-0.1, -0.05) is 11.6 Å². The Morgan fingerprint density at radius 2 is 2.05 bits per heavy atom. The van der Waals surface area contributed by atoms with E-state index in [0.717, 1.165) is 11.1 Å². The Morgan fingerprint density at radius 3 is 2.62 bits per heavy atom. The minimum absolute atomic E-state index is 0.0473. The second-order valence-corrected chi connectivity index (χ2v) is 5.40. The zero-order valence-electron chi connectivity index (χ0n) is 12.3. The van der Waals surface area contributed by atoms with Gasteiger partial charge in [0.05, 0.1) is 12.3 Å². The fourth-order valence-electron chi connectivity index (χ4n) is 2.15. The lowest BCUT2D eigenvalue weighted by molar-refractivity contribution is -0.123. The number of benzene rings is 1. The molecule has 0 aliphatic carbocycles. The molecule has 0 unspecified atom stereocenters. The van der Waals surface area contributed by atoms with Crippen molar-refractivity contribution in [2.75, 3.05) is 6.61 Å². The number of halogens is 1. The third-order valence-corrected chi connectivity index (χ3v) is 3.34. The standard InChI is InChI=1S/C16H18ClNO3/c1-10-7-13(17)8-11(2)16(10)21-9-15(19)18-12(3)14-5-4-6-20-14/h4-8,12H,9H2,1-3H3,(H,18,19)/t12-/m0/s1. The lowest BCUT2D eigenvalue weighted by Crippen LogP contribution is -2.31. The van der Waals surface area contributed by atoms with Crippen molar-refractivity contribution in [3.8, 4) is 5.75 Å². The van der Waals surface area contributed by atoms with Crippen molar-refractivity contribution in [2.24, 2.45) is 0 Å². The number of carbonyl (C=O) groups is 1. The molecule has 2 rings (SSSR count). The number of nitrogens with one attached hydrogen (secondary N) is 1. The van der Waals surface area contributed by atoms with Gasteiger partial charge in [0.1, 0.15) is 11.5 Å². The van der Waals surface area contributed by atoms with Crippen LogP contribution in [0.1, 0.15) is 29.9 Å². The summed E-state index contributed by atoms with van der Waals surface area (Å²) >= 11 is 5.97. The van der Waals surface area contributed by atoms with Crippen LogP contribution in [0.5, 0.6) is 5.75 Å². The SMILES string of the molecule is Cc1cc(Cl)cc(C)c1OCC(=O)N[C@@H](C)c1ccco1. The number of ether oxygens (including phenoxy) is 1. The molecule has 1 aromatic carbocycles. The van der Waals surface area contributed by atoms with Crippen LogP contribution in [-0.4, -0.2) is 12.5 Å². The minimum atomic E-state index is -0.201. The van der Waals surface area contributed by atoms with Gasteiger partial charge in [-0.3, -0.25) is 4.79 Å². The summed E-state index contributed by atoms with van der Waals surface area (Å²) in [7, 11) is 0. The van der Waals surface area contributed by atoms with Crippen LogP contribution in [0, 0.1) is 13.8 Å². The van der Waals surface area contributed by atoms with Gasteiger partial charge in [-0.15, -0.1) is 0 Å². The number of hydrogen-bond acceptors (Lipinski definition) is 3. The molecule has 1 aromatic heterocycles. The fraction of sp³-hybridized carbons (Fsp3) is 0.312. The van der Waals surface area contributed by atoms with Crippen LogP contribution in [0.2, 0.25) is 5.02 Å². The maximum absolute atomic E-state index is 11.9. The highest BCUT2D eigenvalue weighted by Gasteiger charge is 2.13. The quantitative estimate of drug-likeness (QED) is 0.914. The maximum Gasteiger partial charge on any atom is 0.258 e. The Hall–Kier alpha value is -1.94. The molecule has 1 amide bonds. The lowest BCUT2D eigenvalue weighted by Gasteiger charge is -2.14. The third-order valence-electron chi connectivity index (χ3n) is 3.12. The van der Waals surface area contributed by atoms with Gasteiger partial charge in [0.25, 0.3) is 5.91 Å². The van der Waals surface area contributed by atoms with E-state index in [4.69, 9.17) is 20.8 Å². The summed E-state index contributed by atoms with van der Waals surface area (Å²) in [4.78, 5) is 11.9. The van der Waals surface area contributed by atoms with Crippen LogP contribution >= 0.6 is 11.6 Å². The predicted octanol–water partition coefficient (Wildman–Crippen LogP) is 3.81. The van der Waals surface area contributed by atoms with Crippen LogP contribution in [0.4, 0.5) is 0 Å². The molecule has 1 heterocycles. The normalized spacial score (nSPS) is 12.0. The number of hydrogen-bond donors (Lipinski definition) is 1. The van der Waals surface area contributed by atoms with Crippen LogP contribution < -0.4 is 10.1 Å². The highest BCUT2D eigenvalue weighted by atomic mass is 35.5. The smallest absolute Gasteiger partial charge is 0.258 e. The van der Waals surface area contributed by atoms with Crippen LogP contribution in [0.25, 0.3) is 0 Å². The second kappa shape index (κ2) is 6.68. The number of rotatable bonds is 5. The van der Waals surface area contributed by atoms with Gasteiger partial charge in [0.2, 0.25) is 0 Å². The predicted molar refractivity (Wildman–Crippen MR) is 81.7 cm³/mol. The Morgan fingerprint density at radius 1 is 1.38 bits per heavy atom. The monoisotopic (exact) mass is 307 g/mol. The molecule has 4 nitrogen and oxygen atoms in total. The van der Waals surface area contributed by atoms with Crippen molar-refractivity contribution < 1.29 is 13.9 Å². The average Bonchev–Trinajstić information content (AvgIpc) is 2.91. The summed E-state index contributed by atoms with van der Waals surface area (Å²) in [6, 6.07) is 7.04. The first-order valence-corrected chi connectivity index (χ1v) is 7.07. The van der Waals surface area contributed by atoms with Gasteiger partial charge in [-0.25, -0.2) is 0 Å². The molecule has 112 valence electrons. The minimum Gasteiger partial charge on any atom is -0.483 e. The molecule has 1 atom stereocenters. The summed E-state index contributed by atoms with van der Waals surface area (Å²) in [6.07, 6.45) is 1.58. The fourth-order valence-corrected chi connectivity index (χ4v) is 2.48. The number of amides is 1. The van der Waals surface area contributed by atoms with Gasteiger partial charge in [-0.05, 0) is 56.2 Å². The molecule has 0 radical (unpaired) electrons. The Balaban J connectivity index is 1.93. The van der Waals surface area contributed by atoms with E-state index in [-0.39, 0.29) is 18.6 Å². The van der Waals surface area contributed by atoms with E-state index < -0.39 is 0 Å². The highest BCUT2D eigenvalue weighted by Crippen LogP contribution is 2.26. The Labute approximate surface area is 129 Å². The molecule has 0 spiro atoms. The first kappa shape index (κ1) is 15.4. The first-order valence-electron chi connectivity index (χ1n) is 6.69. The molecule has 0 saturated heterocycles. The average molecular weight is 308 g/mol. The van der Waals surface area contributed by atoms with Gasteiger partial charge in [-0.2, -0.15) is 0 Å². The number of aryl methyl sites for hydroxylation is 2. The van der Waals surface area contributed by atoms with Crippen LogP contribution in [-0.2, 0) is 4.79 Å². The molecular weight excluding hydrogens is 290 g/mol. The zero-order valence-corrected chi connectivity index (χ0v) is 13.0. The zero-order chi connectivity index (χ0) is 15.4. The molecule has 1 N–H and O–H groups in total. The third kappa shape index (κ3) is 4.02. The van der Waals surface area contributed by atoms with E-state index in [1.54, 1.807) is 12.3 Å². The van der Waals surface area contributed by atoms with E-state index in [9.17, 15) is 4.79 Å². The second-order valence-electron chi connectivity index (χ2n) is 4.96. The molecule has 5 heteroatoms. The summed E-state index contributed by atoms with van der Waals surface area (Å²) in [5.41, 5.74) is 1.82. The van der Waals surface area contributed by atoms with Gasteiger partial charge in [0, 0.05) is 5.02 Å². The molecule has 2 aromatic rings. The van der Waals surface area contributed by atoms with Gasteiger partial charge in [0.15, 0.2) is 6.61 Å². The Bertz CT molecular complexity index is 599. The molecule has 21 heavy (non-hydrogen) atoms. The lowest BCUT2D eigenvalue weighted by atomic mass is 10.1. The Kier molecular flexibility index (Phi) is 4.91. The van der Waals surface area contributed by atoms with Crippen molar-refractivity contribution in [1.82, 2.24) is 5.32 Å². The summed E-state index contributed by atoms with van der Waals surface area (Å²) in [5.74, 6) is 1.20. The van der Waals surface area contributed by atoms with E-state index >= 15 is 0 Å². The molecule has 0 aliphatic rings. The molecule has 0 saturated carbocycles. The molecule has 0 bridgehead atoms. The van der Waals surface area contributed by atoms with E-state index in [1.807, 2.05) is 39.0 Å². The van der Waals surface area contributed by atoms with Crippen LogP contribution in [0.15, 0.2) is 34.9 Å². The number of carbonyl (C=O) groups excluding carboxylic acids is 1. The van der Waals surface area contributed by atoms with Gasteiger partial charge >= 0.3 is 0 Å². The van der Waals surface area contributed by atoms with Crippen LogP contribution in [0.3, 0.4) is 0 Å².